The summed E-state index contributed by atoms with van der Waals surface area (Å²) in [7, 11) is 0. The standard InChI is InChI=1S/C6H10N2O3S/c9-5(7-6(10)11)8-1-3-12-4-2-8/h1-4H2,(H,7,9)(H,10,11). The van der Waals surface area contributed by atoms with Crippen LogP contribution in [0.2, 0.25) is 0 Å². The molecule has 5 nitrogen and oxygen atoms in total. The second kappa shape index (κ2) is 4.20. The molecule has 0 aromatic heterocycles. The van der Waals surface area contributed by atoms with Gasteiger partial charge in [0.05, 0.1) is 0 Å². The Morgan fingerprint density at radius 2 is 1.92 bits per heavy atom. The summed E-state index contributed by atoms with van der Waals surface area (Å²) in [6, 6.07) is -0.511. The molecule has 0 aliphatic carbocycles. The van der Waals surface area contributed by atoms with Gasteiger partial charge in [-0.25, -0.2) is 14.9 Å². The molecule has 12 heavy (non-hydrogen) atoms. The van der Waals surface area contributed by atoms with Gasteiger partial charge in [0.2, 0.25) is 0 Å². The van der Waals surface area contributed by atoms with E-state index in [9.17, 15) is 9.59 Å². The molecule has 3 amide bonds. The predicted octanol–water partition coefficient (Wildman–Crippen LogP) is 0.423. The van der Waals surface area contributed by atoms with E-state index in [-0.39, 0.29) is 0 Å². The van der Waals surface area contributed by atoms with Gasteiger partial charge in [0.25, 0.3) is 0 Å². The molecule has 0 bridgehead atoms. The highest BCUT2D eigenvalue weighted by atomic mass is 32.2. The third-order valence-corrected chi connectivity index (χ3v) is 2.45. The first kappa shape index (κ1) is 9.18. The predicted molar refractivity (Wildman–Crippen MR) is 45.5 cm³/mol. The molecule has 0 radical (unpaired) electrons. The minimum absolute atomic E-state index is 0.511. The number of hydrogen-bond donors (Lipinski definition) is 2. The first-order chi connectivity index (χ1) is 5.70. The number of carbonyl (C=O) groups is 2. The van der Waals surface area contributed by atoms with Crippen molar-refractivity contribution < 1.29 is 14.7 Å². The highest BCUT2D eigenvalue weighted by Gasteiger charge is 2.17. The van der Waals surface area contributed by atoms with Gasteiger partial charge in [-0.15, -0.1) is 0 Å². The zero-order valence-electron chi connectivity index (χ0n) is 6.45. The summed E-state index contributed by atoms with van der Waals surface area (Å²) in [6.45, 7) is 1.26. The lowest BCUT2D eigenvalue weighted by atomic mass is 10.5. The number of amides is 3. The van der Waals surface area contributed by atoms with Gasteiger partial charge in [-0.1, -0.05) is 0 Å². The Bertz CT molecular complexity index is 191. The number of imide groups is 1. The summed E-state index contributed by atoms with van der Waals surface area (Å²) in [5, 5.41) is 10.1. The van der Waals surface area contributed by atoms with E-state index in [0.717, 1.165) is 11.5 Å². The molecule has 0 saturated carbocycles. The Morgan fingerprint density at radius 1 is 1.33 bits per heavy atom. The molecule has 68 valence electrons. The smallest absolute Gasteiger partial charge is 0.412 e. The summed E-state index contributed by atoms with van der Waals surface area (Å²) < 4.78 is 0. The maximum atomic E-state index is 11.0. The van der Waals surface area contributed by atoms with Gasteiger partial charge >= 0.3 is 12.1 Å². The Morgan fingerprint density at radius 3 is 2.42 bits per heavy atom. The topological polar surface area (TPSA) is 69.6 Å². The molecule has 6 heteroatoms. The Balaban J connectivity index is 2.34. The quantitative estimate of drug-likeness (QED) is 0.581. The number of urea groups is 1. The second-order valence-electron chi connectivity index (χ2n) is 2.33. The fourth-order valence-corrected chi connectivity index (χ4v) is 1.84. The third kappa shape index (κ3) is 2.61. The highest BCUT2D eigenvalue weighted by molar-refractivity contribution is 7.99. The van der Waals surface area contributed by atoms with Crippen molar-refractivity contribution in [2.75, 3.05) is 24.6 Å². The van der Waals surface area contributed by atoms with Gasteiger partial charge in [-0.05, 0) is 0 Å². The van der Waals surface area contributed by atoms with Crippen LogP contribution in [0.5, 0.6) is 0 Å². The van der Waals surface area contributed by atoms with Crippen molar-refractivity contribution in [3.8, 4) is 0 Å². The fourth-order valence-electron chi connectivity index (χ4n) is 0.937. The van der Waals surface area contributed by atoms with Gasteiger partial charge in [0.1, 0.15) is 0 Å². The van der Waals surface area contributed by atoms with Crippen LogP contribution < -0.4 is 5.32 Å². The lowest BCUT2D eigenvalue weighted by Gasteiger charge is -2.25. The molecule has 0 aromatic carbocycles. The SMILES string of the molecule is O=C(O)NC(=O)N1CCSCC1. The Hall–Kier alpha value is -0.910. The van der Waals surface area contributed by atoms with Crippen LogP contribution in [0.1, 0.15) is 0 Å². The molecule has 1 saturated heterocycles. The third-order valence-electron chi connectivity index (χ3n) is 1.51. The first-order valence-corrected chi connectivity index (χ1v) is 4.72. The van der Waals surface area contributed by atoms with Gasteiger partial charge in [0.15, 0.2) is 0 Å². The number of thioether (sulfide) groups is 1. The van der Waals surface area contributed by atoms with Crippen LogP contribution in [0, 0.1) is 0 Å². The van der Waals surface area contributed by atoms with Crippen molar-refractivity contribution in [2.45, 2.75) is 0 Å². The van der Waals surface area contributed by atoms with E-state index in [4.69, 9.17) is 5.11 Å². The highest BCUT2D eigenvalue weighted by Crippen LogP contribution is 2.08. The van der Waals surface area contributed by atoms with Gasteiger partial charge in [-0.2, -0.15) is 11.8 Å². The normalized spacial score (nSPS) is 17.2. The van der Waals surface area contributed by atoms with Crippen LogP contribution in [0.4, 0.5) is 9.59 Å². The second-order valence-corrected chi connectivity index (χ2v) is 3.56. The number of carboxylic acid groups (broad SMARTS) is 1. The van der Waals surface area contributed by atoms with E-state index >= 15 is 0 Å². The van der Waals surface area contributed by atoms with E-state index in [1.807, 2.05) is 0 Å². The van der Waals surface area contributed by atoms with Crippen molar-refractivity contribution in [1.29, 1.82) is 0 Å². The largest absolute Gasteiger partial charge is 0.465 e. The molecular weight excluding hydrogens is 180 g/mol. The lowest BCUT2D eigenvalue weighted by molar-refractivity contribution is 0.179. The van der Waals surface area contributed by atoms with Crippen LogP contribution >= 0.6 is 11.8 Å². The Kier molecular flexibility index (Phi) is 3.21. The Labute approximate surface area is 74.1 Å². The molecule has 1 fully saturated rings. The van der Waals surface area contributed by atoms with Crippen LogP contribution in [-0.2, 0) is 0 Å². The van der Waals surface area contributed by atoms with E-state index in [1.165, 1.54) is 4.90 Å². The van der Waals surface area contributed by atoms with E-state index in [0.29, 0.717) is 13.1 Å². The van der Waals surface area contributed by atoms with E-state index in [2.05, 4.69) is 0 Å². The first-order valence-electron chi connectivity index (χ1n) is 3.57. The van der Waals surface area contributed by atoms with E-state index in [1.54, 1.807) is 17.1 Å². The molecule has 1 aliphatic heterocycles. The van der Waals surface area contributed by atoms with Crippen molar-refractivity contribution in [1.82, 2.24) is 10.2 Å². The number of rotatable bonds is 0. The lowest BCUT2D eigenvalue weighted by Crippen LogP contribution is -2.45. The monoisotopic (exact) mass is 190 g/mol. The average Bonchev–Trinajstić information content (AvgIpc) is 2.05. The summed E-state index contributed by atoms with van der Waals surface area (Å²) in [5.41, 5.74) is 0. The summed E-state index contributed by atoms with van der Waals surface area (Å²) in [5.74, 6) is 1.76. The van der Waals surface area contributed by atoms with Gasteiger partial charge in [0, 0.05) is 24.6 Å². The summed E-state index contributed by atoms with van der Waals surface area (Å²) >= 11 is 1.77. The minimum atomic E-state index is -1.29. The van der Waals surface area contributed by atoms with Crippen LogP contribution in [0.15, 0.2) is 0 Å². The maximum absolute atomic E-state index is 11.0. The molecule has 0 atom stereocenters. The number of carbonyl (C=O) groups excluding carboxylic acids is 1. The van der Waals surface area contributed by atoms with Crippen molar-refractivity contribution in [2.24, 2.45) is 0 Å². The molecule has 2 N–H and O–H groups in total. The van der Waals surface area contributed by atoms with Crippen molar-refractivity contribution in [3.63, 3.8) is 0 Å². The molecule has 0 unspecified atom stereocenters. The average molecular weight is 190 g/mol. The van der Waals surface area contributed by atoms with E-state index < -0.39 is 12.1 Å². The molecule has 1 rings (SSSR count). The van der Waals surface area contributed by atoms with Gasteiger partial charge in [-0.3, -0.25) is 0 Å². The molecular formula is C6H10N2O3S. The molecule has 0 aromatic rings. The number of nitrogens with one attached hydrogen (secondary N) is 1. The summed E-state index contributed by atoms with van der Waals surface area (Å²) in [4.78, 5) is 22.6. The summed E-state index contributed by atoms with van der Waals surface area (Å²) in [6.07, 6.45) is -1.29. The molecule has 1 heterocycles. The van der Waals surface area contributed by atoms with Crippen molar-refractivity contribution in [3.05, 3.63) is 0 Å². The van der Waals surface area contributed by atoms with Crippen LogP contribution in [0.25, 0.3) is 0 Å². The molecule has 0 spiro atoms. The zero-order valence-corrected chi connectivity index (χ0v) is 7.26. The fraction of sp³-hybridized carbons (Fsp3) is 0.667. The zero-order chi connectivity index (χ0) is 8.97. The van der Waals surface area contributed by atoms with Crippen LogP contribution in [0.3, 0.4) is 0 Å². The van der Waals surface area contributed by atoms with Gasteiger partial charge < -0.3 is 10.0 Å². The number of nitrogens with zero attached hydrogens (tertiary/aromatic N) is 1. The molecule has 1 aliphatic rings. The minimum Gasteiger partial charge on any atom is -0.465 e. The number of hydrogen-bond acceptors (Lipinski definition) is 3. The van der Waals surface area contributed by atoms with Crippen LogP contribution in [-0.4, -0.2) is 46.7 Å². The van der Waals surface area contributed by atoms with Crippen molar-refractivity contribution >= 4 is 23.9 Å². The maximum Gasteiger partial charge on any atom is 0.412 e.